The van der Waals surface area contributed by atoms with Crippen LogP contribution in [0.2, 0.25) is 0 Å². The van der Waals surface area contributed by atoms with E-state index in [1.165, 1.54) is 31.2 Å². The van der Waals surface area contributed by atoms with Gasteiger partial charge in [0.05, 0.1) is 18.1 Å². The lowest BCUT2D eigenvalue weighted by Crippen LogP contribution is -2.51. The summed E-state index contributed by atoms with van der Waals surface area (Å²) in [6.45, 7) is 3.68. The molecule has 2 atom stereocenters. The summed E-state index contributed by atoms with van der Waals surface area (Å²) in [7, 11) is 0. The molecule has 0 radical (unpaired) electrons. The van der Waals surface area contributed by atoms with Crippen molar-refractivity contribution in [2.24, 2.45) is 17.8 Å². The van der Waals surface area contributed by atoms with E-state index < -0.39 is 5.60 Å². The predicted octanol–water partition coefficient (Wildman–Crippen LogP) is 2.27. The van der Waals surface area contributed by atoms with Crippen LogP contribution in [0.5, 0.6) is 0 Å². The largest absolute Gasteiger partial charge is 0.393 e. The normalized spacial score (nSPS) is 28.7. The second kappa shape index (κ2) is 8.52. The molecule has 2 saturated heterocycles. The summed E-state index contributed by atoms with van der Waals surface area (Å²) in [5.74, 6) is 1.48. The topological polar surface area (TPSA) is 64.0 Å². The number of aliphatic hydroxyl groups is 2. The van der Waals surface area contributed by atoms with Crippen molar-refractivity contribution in [3.8, 4) is 0 Å². The van der Waals surface area contributed by atoms with E-state index in [0.29, 0.717) is 37.8 Å². The lowest BCUT2D eigenvalue weighted by atomic mass is 9.81. The van der Waals surface area contributed by atoms with Crippen LogP contribution in [0.4, 0.5) is 0 Å². The molecule has 28 heavy (non-hydrogen) atoms. The number of nitrogens with zero attached hydrogens (tertiary/aromatic N) is 2. The minimum atomic E-state index is -1.00. The zero-order valence-corrected chi connectivity index (χ0v) is 16.8. The first-order valence-corrected chi connectivity index (χ1v) is 11.0. The van der Waals surface area contributed by atoms with Gasteiger partial charge in [0.25, 0.3) is 0 Å². The lowest BCUT2D eigenvalue weighted by Gasteiger charge is -2.39. The number of amides is 1. The first-order chi connectivity index (χ1) is 13.6. The van der Waals surface area contributed by atoms with Gasteiger partial charge in [0.1, 0.15) is 0 Å². The van der Waals surface area contributed by atoms with Crippen LogP contribution in [-0.4, -0.2) is 64.3 Å². The Labute approximate surface area is 168 Å². The fourth-order valence-corrected chi connectivity index (χ4v) is 5.54. The molecule has 5 nitrogen and oxygen atoms in total. The molecule has 1 aromatic rings. The molecule has 1 aliphatic carbocycles. The van der Waals surface area contributed by atoms with E-state index in [4.69, 9.17) is 0 Å². The maximum absolute atomic E-state index is 13.4. The number of carbonyl (C=O) groups is 1. The highest BCUT2D eigenvalue weighted by Gasteiger charge is 2.45. The molecule has 154 valence electrons. The first-order valence-electron chi connectivity index (χ1n) is 11.0. The van der Waals surface area contributed by atoms with Gasteiger partial charge in [0.15, 0.2) is 0 Å². The van der Waals surface area contributed by atoms with Gasteiger partial charge in [-0.1, -0.05) is 56.0 Å². The summed E-state index contributed by atoms with van der Waals surface area (Å²) < 4.78 is 0. The molecule has 3 fully saturated rings. The van der Waals surface area contributed by atoms with Crippen molar-refractivity contribution in [2.75, 3.05) is 32.8 Å². The van der Waals surface area contributed by atoms with Gasteiger partial charge >= 0.3 is 0 Å². The Bertz CT molecular complexity index is 651. The van der Waals surface area contributed by atoms with E-state index in [2.05, 4.69) is 29.2 Å². The van der Waals surface area contributed by atoms with Crippen LogP contribution in [-0.2, 0) is 11.3 Å². The molecule has 1 aromatic carbocycles. The number of carbonyl (C=O) groups excluding carboxylic acids is 1. The minimum absolute atomic E-state index is 0.0760. The van der Waals surface area contributed by atoms with E-state index >= 15 is 0 Å². The second-order valence-corrected chi connectivity index (χ2v) is 9.20. The first kappa shape index (κ1) is 19.9. The Balaban J connectivity index is 1.44. The van der Waals surface area contributed by atoms with Gasteiger partial charge in [-0.15, -0.1) is 0 Å². The zero-order chi connectivity index (χ0) is 19.6. The maximum Gasteiger partial charge on any atom is 0.227 e. The van der Waals surface area contributed by atoms with Crippen LogP contribution in [0.1, 0.15) is 44.1 Å². The highest BCUT2D eigenvalue weighted by Crippen LogP contribution is 2.41. The van der Waals surface area contributed by atoms with Crippen molar-refractivity contribution in [3.63, 3.8) is 0 Å². The summed E-state index contributed by atoms with van der Waals surface area (Å²) in [5, 5.41) is 19.7. The molecule has 1 amide bonds. The molecule has 4 rings (SSSR count). The standard InChI is InChI=1S/C23H34N2O3/c26-17-23(28)10-12-25(13-11-23)22(27)21-16-24(14-18-6-2-1-3-7-18)15-20(21)19-8-4-5-9-19/h1-3,6-7,19-21,26,28H,4-5,8-17H2/t20-,21+/m0/s1. The van der Waals surface area contributed by atoms with Crippen molar-refractivity contribution in [3.05, 3.63) is 35.9 Å². The molecule has 0 aromatic heterocycles. The fourth-order valence-electron chi connectivity index (χ4n) is 5.54. The summed E-state index contributed by atoms with van der Waals surface area (Å²) in [6, 6.07) is 10.5. The van der Waals surface area contributed by atoms with Gasteiger partial charge in [-0.05, 0) is 30.2 Å². The lowest BCUT2D eigenvalue weighted by molar-refractivity contribution is -0.142. The average Bonchev–Trinajstić information content (AvgIpc) is 3.39. The number of rotatable bonds is 5. The third-order valence-corrected chi connectivity index (χ3v) is 7.31. The van der Waals surface area contributed by atoms with Gasteiger partial charge in [0, 0.05) is 32.7 Å². The maximum atomic E-state index is 13.4. The fraction of sp³-hybridized carbons (Fsp3) is 0.696. The third-order valence-electron chi connectivity index (χ3n) is 7.31. The van der Waals surface area contributed by atoms with Crippen molar-refractivity contribution >= 4 is 5.91 Å². The molecule has 2 aliphatic heterocycles. The molecule has 0 unspecified atom stereocenters. The molecular formula is C23H34N2O3. The molecule has 1 saturated carbocycles. The number of hydrogen-bond donors (Lipinski definition) is 2. The number of benzene rings is 1. The van der Waals surface area contributed by atoms with Gasteiger partial charge in [-0.25, -0.2) is 0 Å². The quantitative estimate of drug-likeness (QED) is 0.815. The van der Waals surface area contributed by atoms with E-state index in [1.807, 2.05) is 11.0 Å². The highest BCUT2D eigenvalue weighted by atomic mass is 16.3. The molecular weight excluding hydrogens is 352 g/mol. The Morgan fingerprint density at radius 3 is 2.39 bits per heavy atom. The molecule has 2 heterocycles. The average molecular weight is 387 g/mol. The smallest absolute Gasteiger partial charge is 0.227 e. The minimum Gasteiger partial charge on any atom is -0.393 e. The number of hydrogen-bond acceptors (Lipinski definition) is 4. The van der Waals surface area contributed by atoms with Crippen LogP contribution in [0.15, 0.2) is 30.3 Å². The summed E-state index contributed by atoms with van der Waals surface area (Å²) in [6.07, 6.45) is 6.07. The second-order valence-electron chi connectivity index (χ2n) is 9.20. The van der Waals surface area contributed by atoms with Crippen LogP contribution >= 0.6 is 0 Å². The van der Waals surface area contributed by atoms with E-state index in [1.54, 1.807) is 0 Å². The van der Waals surface area contributed by atoms with Crippen molar-refractivity contribution in [2.45, 2.75) is 50.7 Å². The van der Waals surface area contributed by atoms with Gasteiger partial charge in [0.2, 0.25) is 5.91 Å². The van der Waals surface area contributed by atoms with Crippen molar-refractivity contribution < 1.29 is 15.0 Å². The van der Waals surface area contributed by atoms with E-state index in [0.717, 1.165) is 19.6 Å². The molecule has 0 spiro atoms. The van der Waals surface area contributed by atoms with Crippen LogP contribution in [0.3, 0.4) is 0 Å². The van der Waals surface area contributed by atoms with Crippen molar-refractivity contribution in [1.82, 2.24) is 9.80 Å². The summed E-state index contributed by atoms with van der Waals surface area (Å²) in [5.41, 5.74) is 0.308. The number of piperidine rings is 1. The Kier molecular flexibility index (Phi) is 6.04. The number of aliphatic hydroxyl groups excluding tert-OH is 1. The predicted molar refractivity (Wildman–Crippen MR) is 109 cm³/mol. The summed E-state index contributed by atoms with van der Waals surface area (Å²) >= 11 is 0. The van der Waals surface area contributed by atoms with Crippen LogP contribution in [0, 0.1) is 17.8 Å². The van der Waals surface area contributed by atoms with Crippen LogP contribution < -0.4 is 0 Å². The van der Waals surface area contributed by atoms with E-state index in [-0.39, 0.29) is 18.4 Å². The van der Waals surface area contributed by atoms with Crippen molar-refractivity contribution in [1.29, 1.82) is 0 Å². The number of likely N-dealkylation sites (tertiary alicyclic amines) is 2. The Morgan fingerprint density at radius 1 is 1.07 bits per heavy atom. The molecule has 3 aliphatic rings. The van der Waals surface area contributed by atoms with Gasteiger partial charge < -0.3 is 15.1 Å². The third kappa shape index (κ3) is 4.27. The highest BCUT2D eigenvalue weighted by molar-refractivity contribution is 5.80. The Morgan fingerprint density at radius 2 is 1.75 bits per heavy atom. The van der Waals surface area contributed by atoms with Crippen LogP contribution in [0.25, 0.3) is 0 Å². The molecule has 0 bridgehead atoms. The zero-order valence-electron chi connectivity index (χ0n) is 16.8. The molecule has 5 heteroatoms. The SMILES string of the molecule is O=C([C@@H]1CN(Cc2ccccc2)C[C@H]1C1CCCC1)N1CCC(O)(CO)CC1. The van der Waals surface area contributed by atoms with Gasteiger partial charge in [-0.2, -0.15) is 0 Å². The summed E-state index contributed by atoms with van der Waals surface area (Å²) in [4.78, 5) is 17.8. The van der Waals surface area contributed by atoms with E-state index in [9.17, 15) is 15.0 Å². The molecule has 2 N–H and O–H groups in total. The van der Waals surface area contributed by atoms with Gasteiger partial charge in [-0.3, -0.25) is 9.69 Å². The Hall–Kier alpha value is -1.43. The monoisotopic (exact) mass is 386 g/mol.